The first-order valence-corrected chi connectivity index (χ1v) is 7.23. The third kappa shape index (κ3) is 4.35. The highest BCUT2D eigenvalue weighted by Gasteiger charge is 2.05. The van der Waals surface area contributed by atoms with Crippen molar-refractivity contribution in [1.29, 1.82) is 5.26 Å². The molecule has 0 fully saturated rings. The number of hydrogen-bond donors (Lipinski definition) is 1. The minimum Gasteiger partial charge on any atom is -0.494 e. The lowest BCUT2D eigenvalue weighted by Gasteiger charge is -2.07. The summed E-state index contributed by atoms with van der Waals surface area (Å²) < 4.78 is 5.39. The van der Waals surface area contributed by atoms with Crippen LogP contribution in [-0.4, -0.2) is 19.1 Å². The molecule has 0 aliphatic carbocycles. The summed E-state index contributed by atoms with van der Waals surface area (Å²) >= 11 is 0. The van der Waals surface area contributed by atoms with Gasteiger partial charge in [-0.05, 0) is 49.2 Å². The van der Waals surface area contributed by atoms with E-state index in [0.717, 1.165) is 17.7 Å². The molecule has 2 aromatic rings. The van der Waals surface area contributed by atoms with E-state index in [2.05, 4.69) is 5.32 Å². The molecule has 0 heterocycles. The highest BCUT2D eigenvalue weighted by Crippen LogP contribution is 2.12. The van der Waals surface area contributed by atoms with Crippen LogP contribution in [0.4, 0.5) is 0 Å². The van der Waals surface area contributed by atoms with Crippen molar-refractivity contribution < 1.29 is 9.53 Å². The summed E-state index contributed by atoms with van der Waals surface area (Å²) in [6.45, 7) is 3.14. The van der Waals surface area contributed by atoms with Gasteiger partial charge in [-0.2, -0.15) is 5.26 Å². The first-order valence-electron chi connectivity index (χ1n) is 7.23. The van der Waals surface area contributed by atoms with Crippen LogP contribution in [0.3, 0.4) is 0 Å². The topological polar surface area (TPSA) is 62.1 Å². The molecular weight excluding hydrogens is 276 g/mol. The maximum absolute atomic E-state index is 12.0. The number of ether oxygens (including phenoxy) is 1. The molecule has 1 N–H and O–H groups in total. The molecule has 112 valence electrons. The molecule has 0 atom stereocenters. The van der Waals surface area contributed by atoms with Crippen LogP contribution in [0.5, 0.6) is 5.75 Å². The second-order valence-corrected chi connectivity index (χ2v) is 4.78. The van der Waals surface area contributed by atoms with Gasteiger partial charge >= 0.3 is 0 Å². The van der Waals surface area contributed by atoms with Crippen LogP contribution >= 0.6 is 0 Å². The Kier molecular flexibility index (Phi) is 5.56. The van der Waals surface area contributed by atoms with Gasteiger partial charge in [-0.1, -0.05) is 18.2 Å². The number of rotatable bonds is 6. The first kappa shape index (κ1) is 15.6. The third-order valence-electron chi connectivity index (χ3n) is 3.19. The van der Waals surface area contributed by atoms with E-state index in [4.69, 9.17) is 10.00 Å². The van der Waals surface area contributed by atoms with Crippen LogP contribution in [0.1, 0.15) is 28.4 Å². The number of nitrogens with one attached hydrogen (secondary N) is 1. The smallest absolute Gasteiger partial charge is 0.251 e. The molecule has 22 heavy (non-hydrogen) atoms. The summed E-state index contributed by atoms with van der Waals surface area (Å²) in [5.74, 6) is 0.687. The van der Waals surface area contributed by atoms with Crippen molar-refractivity contribution >= 4 is 5.91 Å². The summed E-state index contributed by atoms with van der Waals surface area (Å²) in [5.41, 5.74) is 2.12. The van der Waals surface area contributed by atoms with Crippen LogP contribution in [-0.2, 0) is 6.42 Å². The maximum Gasteiger partial charge on any atom is 0.251 e. The highest BCUT2D eigenvalue weighted by molar-refractivity contribution is 5.94. The van der Waals surface area contributed by atoms with Gasteiger partial charge < -0.3 is 10.1 Å². The molecule has 4 nitrogen and oxygen atoms in total. The summed E-state index contributed by atoms with van der Waals surface area (Å²) in [7, 11) is 0. The lowest BCUT2D eigenvalue weighted by atomic mass is 10.1. The normalized spacial score (nSPS) is 9.82. The Hall–Kier alpha value is -2.80. The Morgan fingerprint density at radius 1 is 1.23 bits per heavy atom. The van der Waals surface area contributed by atoms with Gasteiger partial charge in [-0.25, -0.2) is 0 Å². The molecule has 0 radical (unpaired) electrons. The molecule has 2 aromatic carbocycles. The Bertz CT molecular complexity index is 672. The van der Waals surface area contributed by atoms with E-state index in [0.29, 0.717) is 24.3 Å². The van der Waals surface area contributed by atoms with E-state index < -0.39 is 0 Å². The molecule has 0 saturated carbocycles. The molecule has 0 unspecified atom stereocenters. The second-order valence-electron chi connectivity index (χ2n) is 4.78. The lowest BCUT2D eigenvalue weighted by molar-refractivity contribution is 0.0954. The zero-order valence-corrected chi connectivity index (χ0v) is 12.5. The number of carbonyl (C=O) groups is 1. The molecule has 0 aromatic heterocycles. The Balaban J connectivity index is 1.85. The van der Waals surface area contributed by atoms with Crippen molar-refractivity contribution in [3.05, 3.63) is 65.2 Å². The number of benzene rings is 2. The van der Waals surface area contributed by atoms with Gasteiger partial charge in [0, 0.05) is 12.1 Å². The molecule has 2 rings (SSSR count). The molecule has 0 spiro atoms. The number of nitrogens with zero attached hydrogens (tertiary/aromatic N) is 1. The number of carbonyl (C=O) groups excluding carboxylic acids is 1. The van der Waals surface area contributed by atoms with Crippen LogP contribution < -0.4 is 10.1 Å². The second kappa shape index (κ2) is 7.84. The Morgan fingerprint density at radius 2 is 2.00 bits per heavy atom. The van der Waals surface area contributed by atoms with Crippen molar-refractivity contribution in [3.8, 4) is 11.8 Å². The molecule has 0 aliphatic rings. The molecule has 0 aliphatic heterocycles. The average Bonchev–Trinajstić information content (AvgIpc) is 2.56. The summed E-state index contributed by atoms with van der Waals surface area (Å²) in [6, 6.07) is 16.5. The highest BCUT2D eigenvalue weighted by atomic mass is 16.5. The minimum absolute atomic E-state index is 0.164. The first-order chi connectivity index (χ1) is 10.7. The number of hydrogen-bond acceptors (Lipinski definition) is 3. The third-order valence-corrected chi connectivity index (χ3v) is 3.19. The van der Waals surface area contributed by atoms with Gasteiger partial charge in [0.25, 0.3) is 5.91 Å². The van der Waals surface area contributed by atoms with E-state index in [1.807, 2.05) is 37.3 Å². The van der Waals surface area contributed by atoms with E-state index >= 15 is 0 Å². The molecule has 0 saturated heterocycles. The summed E-state index contributed by atoms with van der Waals surface area (Å²) in [6.07, 6.45) is 0.746. The van der Waals surface area contributed by atoms with Crippen molar-refractivity contribution in [2.24, 2.45) is 0 Å². The fourth-order valence-corrected chi connectivity index (χ4v) is 2.07. The van der Waals surface area contributed by atoms with Crippen molar-refractivity contribution in [1.82, 2.24) is 5.32 Å². The largest absolute Gasteiger partial charge is 0.494 e. The molecule has 1 amide bonds. The fourth-order valence-electron chi connectivity index (χ4n) is 2.07. The Morgan fingerprint density at radius 3 is 2.68 bits per heavy atom. The van der Waals surface area contributed by atoms with Crippen LogP contribution in [0.25, 0.3) is 0 Å². The zero-order chi connectivity index (χ0) is 15.8. The van der Waals surface area contributed by atoms with E-state index in [-0.39, 0.29) is 5.91 Å². The summed E-state index contributed by atoms with van der Waals surface area (Å²) in [5, 5.41) is 11.7. The van der Waals surface area contributed by atoms with Crippen molar-refractivity contribution in [3.63, 3.8) is 0 Å². The predicted octanol–water partition coefficient (Wildman–Crippen LogP) is 2.93. The number of amides is 1. The molecule has 0 bridgehead atoms. The van der Waals surface area contributed by atoms with Crippen molar-refractivity contribution in [2.45, 2.75) is 13.3 Å². The summed E-state index contributed by atoms with van der Waals surface area (Å²) in [4.78, 5) is 12.0. The fraction of sp³-hybridized carbons (Fsp3) is 0.222. The molecule has 4 heteroatoms. The minimum atomic E-state index is -0.164. The maximum atomic E-state index is 12.0. The predicted molar refractivity (Wildman–Crippen MR) is 84.8 cm³/mol. The van der Waals surface area contributed by atoms with Crippen LogP contribution in [0.15, 0.2) is 48.5 Å². The van der Waals surface area contributed by atoms with Gasteiger partial charge in [0.1, 0.15) is 5.75 Å². The molecular formula is C18H18N2O2. The van der Waals surface area contributed by atoms with Gasteiger partial charge in [-0.15, -0.1) is 0 Å². The van der Waals surface area contributed by atoms with Gasteiger partial charge in [0.2, 0.25) is 0 Å². The van der Waals surface area contributed by atoms with E-state index in [1.54, 1.807) is 24.3 Å². The number of nitriles is 1. The van der Waals surface area contributed by atoms with Gasteiger partial charge in [-0.3, -0.25) is 4.79 Å². The average molecular weight is 294 g/mol. The standard InChI is InChI=1S/C18H18N2O2/c1-2-22-17-8-6-14(7-9-17)10-11-20-18(21)16-5-3-4-15(12-16)13-19/h3-9,12H,2,10-11H2,1H3,(H,20,21). The van der Waals surface area contributed by atoms with Crippen LogP contribution in [0.2, 0.25) is 0 Å². The van der Waals surface area contributed by atoms with Gasteiger partial charge in [0.05, 0.1) is 18.2 Å². The van der Waals surface area contributed by atoms with Crippen LogP contribution in [0, 0.1) is 11.3 Å². The zero-order valence-electron chi connectivity index (χ0n) is 12.5. The monoisotopic (exact) mass is 294 g/mol. The quantitative estimate of drug-likeness (QED) is 0.891. The van der Waals surface area contributed by atoms with E-state index in [1.165, 1.54) is 0 Å². The lowest BCUT2D eigenvalue weighted by Crippen LogP contribution is -2.25. The van der Waals surface area contributed by atoms with Crippen molar-refractivity contribution in [2.75, 3.05) is 13.2 Å². The SMILES string of the molecule is CCOc1ccc(CCNC(=O)c2cccc(C#N)c2)cc1. The van der Waals surface area contributed by atoms with E-state index in [9.17, 15) is 4.79 Å². The van der Waals surface area contributed by atoms with Gasteiger partial charge in [0.15, 0.2) is 0 Å². The Labute approximate surface area is 130 Å².